The summed E-state index contributed by atoms with van der Waals surface area (Å²) in [5, 5.41) is 11.5. The number of piperidine rings is 1. The van der Waals surface area contributed by atoms with Crippen LogP contribution in [0.1, 0.15) is 39.5 Å². The maximum atomic E-state index is 11.9. The van der Waals surface area contributed by atoms with E-state index in [1.807, 2.05) is 6.92 Å². The Morgan fingerprint density at radius 2 is 2.24 bits per heavy atom. The average molecular weight is 242 g/mol. The predicted molar refractivity (Wildman–Crippen MR) is 64.8 cm³/mol. The number of hydrogen-bond donors (Lipinski definition) is 2. The fourth-order valence-corrected chi connectivity index (χ4v) is 2.15. The van der Waals surface area contributed by atoms with Crippen LogP contribution in [0.5, 0.6) is 0 Å². The first-order valence-electron chi connectivity index (χ1n) is 6.30. The third kappa shape index (κ3) is 4.63. The Bertz CT molecular complexity index is 281. The highest BCUT2D eigenvalue weighted by Crippen LogP contribution is 2.15. The molecule has 1 rings (SSSR count). The van der Waals surface area contributed by atoms with Gasteiger partial charge in [-0.05, 0) is 25.2 Å². The van der Waals surface area contributed by atoms with Gasteiger partial charge < -0.3 is 15.3 Å². The Labute approximate surface area is 102 Å². The summed E-state index contributed by atoms with van der Waals surface area (Å²) >= 11 is 0. The van der Waals surface area contributed by atoms with Crippen molar-refractivity contribution in [1.82, 2.24) is 10.2 Å². The van der Waals surface area contributed by atoms with Crippen molar-refractivity contribution in [2.75, 3.05) is 13.1 Å². The lowest BCUT2D eigenvalue weighted by molar-refractivity contribution is -0.137. The van der Waals surface area contributed by atoms with Crippen molar-refractivity contribution in [3.8, 4) is 0 Å². The van der Waals surface area contributed by atoms with E-state index in [0.717, 1.165) is 25.9 Å². The second-order valence-corrected chi connectivity index (χ2v) is 4.85. The maximum absolute atomic E-state index is 11.9. The highest BCUT2D eigenvalue weighted by molar-refractivity contribution is 5.76. The first-order valence-corrected chi connectivity index (χ1v) is 6.30. The van der Waals surface area contributed by atoms with Crippen LogP contribution < -0.4 is 5.32 Å². The highest BCUT2D eigenvalue weighted by atomic mass is 16.4. The Hall–Kier alpha value is -1.26. The molecule has 0 aliphatic carbocycles. The SMILES string of the molecule is CCC(CC(=O)O)NC(=O)N1CCCC(C)C1. The summed E-state index contributed by atoms with van der Waals surface area (Å²) in [4.78, 5) is 24.3. The van der Waals surface area contributed by atoms with E-state index >= 15 is 0 Å². The van der Waals surface area contributed by atoms with Gasteiger partial charge in [-0.1, -0.05) is 13.8 Å². The largest absolute Gasteiger partial charge is 0.481 e. The van der Waals surface area contributed by atoms with E-state index in [9.17, 15) is 9.59 Å². The lowest BCUT2D eigenvalue weighted by atomic mass is 10.0. The van der Waals surface area contributed by atoms with E-state index in [2.05, 4.69) is 12.2 Å². The molecule has 0 aromatic carbocycles. The second kappa shape index (κ2) is 6.47. The molecule has 5 nitrogen and oxygen atoms in total. The van der Waals surface area contributed by atoms with Gasteiger partial charge in [-0.2, -0.15) is 0 Å². The molecule has 0 aromatic rings. The van der Waals surface area contributed by atoms with Crippen LogP contribution in [-0.2, 0) is 4.79 Å². The number of nitrogens with zero attached hydrogens (tertiary/aromatic N) is 1. The van der Waals surface area contributed by atoms with Crippen LogP contribution in [0.4, 0.5) is 4.79 Å². The smallest absolute Gasteiger partial charge is 0.317 e. The number of likely N-dealkylation sites (tertiary alicyclic amines) is 1. The second-order valence-electron chi connectivity index (χ2n) is 4.85. The number of carbonyl (C=O) groups is 2. The Morgan fingerprint density at radius 3 is 2.76 bits per heavy atom. The molecule has 1 fully saturated rings. The highest BCUT2D eigenvalue weighted by Gasteiger charge is 2.23. The normalized spacial score (nSPS) is 22.0. The van der Waals surface area contributed by atoms with Crippen LogP contribution in [0, 0.1) is 5.92 Å². The maximum Gasteiger partial charge on any atom is 0.317 e. The lowest BCUT2D eigenvalue weighted by Gasteiger charge is -2.32. The van der Waals surface area contributed by atoms with E-state index in [1.54, 1.807) is 4.90 Å². The number of amides is 2. The monoisotopic (exact) mass is 242 g/mol. The van der Waals surface area contributed by atoms with Crippen LogP contribution in [0.25, 0.3) is 0 Å². The van der Waals surface area contributed by atoms with Crippen LogP contribution in [0.3, 0.4) is 0 Å². The molecular formula is C12H22N2O3. The molecule has 1 aliphatic heterocycles. The van der Waals surface area contributed by atoms with Crippen molar-refractivity contribution in [2.24, 2.45) is 5.92 Å². The van der Waals surface area contributed by atoms with Crippen molar-refractivity contribution >= 4 is 12.0 Å². The molecule has 17 heavy (non-hydrogen) atoms. The summed E-state index contributed by atoms with van der Waals surface area (Å²) in [6, 6.07) is -0.387. The molecule has 1 saturated heterocycles. The predicted octanol–water partition coefficient (Wildman–Crippen LogP) is 1.68. The quantitative estimate of drug-likeness (QED) is 0.788. The number of urea groups is 1. The molecule has 0 saturated carbocycles. The first kappa shape index (κ1) is 13.8. The van der Waals surface area contributed by atoms with Gasteiger partial charge in [-0.25, -0.2) is 4.79 Å². The molecule has 2 amide bonds. The summed E-state index contributed by atoms with van der Waals surface area (Å²) < 4.78 is 0. The Kier molecular flexibility index (Phi) is 5.25. The van der Waals surface area contributed by atoms with E-state index in [-0.39, 0.29) is 18.5 Å². The third-order valence-electron chi connectivity index (χ3n) is 3.19. The Morgan fingerprint density at radius 1 is 1.53 bits per heavy atom. The molecule has 5 heteroatoms. The van der Waals surface area contributed by atoms with Crippen LogP contribution >= 0.6 is 0 Å². The van der Waals surface area contributed by atoms with Crippen LogP contribution in [0.15, 0.2) is 0 Å². The summed E-state index contributed by atoms with van der Waals surface area (Å²) in [6.45, 7) is 5.57. The van der Waals surface area contributed by atoms with Gasteiger partial charge in [0.1, 0.15) is 0 Å². The molecule has 0 aromatic heterocycles. The fourth-order valence-electron chi connectivity index (χ4n) is 2.15. The van der Waals surface area contributed by atoms with Crippen molar-refractivity contribution < 1.29 is 14.7 Å². The number of carboxylic acid groups (broad SMARTS) is 1. The molecule has 1 heterocycles. The number of carbonyl (C=O) groups excluding carboxylic acids is 1. The number of nitrogens with one attached hydrogen (secondary N) is 1. The molecule has 0 radical (unpaired) electrons. The molecular weight excluding hydrogens is 220 g/mol. The van der Waals surface area contributed by atoms with Gasteiger partial charge in [-0.3, -0.25) is 4.79 Å². The van der Waals surface area contributed by atoms with Crippen molar-refractivity contribution in [3.63, 3.8) is 0 Å². The molecule has 2 N–H and O–H groups in total. The molecule has 2 atom stereocenters. The minimum atomic E-state index is -0.871. The molecule has 0 spiro atoms. The number of rotatable bonds is 4. The average Bonchev–Trinajstić information content (AvgIpc) is 2.27. The third-order valence-corrected chi connectivity index (χ3v) is 3.19. The van der Waals surface area contributed by atoms with E-state index in [0.29, 0.717) is 12.3 Å². The molecule has 2 unspecified atom stereocenters. The zero-order valence-corrected chi connectivity index (χ0v) is 10.6. The van der Waals surface area contributed by atoms with E-state index in [4.69, 9.17) is 5.11 Å². The number of carboxylic acids is 1. The molecule has 1 aliphatic rings. The van der Waals surface area contributed by atoms with Gasteiger partial charge >= 0.3 is 12.0 Å². The standard InChI is InChI=1S/C12H22N2O3/c1-3-10(7-11(15)16)13-12(17)14-6-4-5-9(2)8-14/h9-10H,3-8H2,1-2H3,(H,13,17)(H,15,16). The van der Waals surface area contributed by atoms with E-state index in [1.165, 1.54) is 0 Å². The topological polar surface area (TPSA) is 69.6 Å². The van der Waals surface area contributed by atoms with Gasteiger partial charge in [0.05, 0.1) is 6.42 Å². The van der Waals surface area contributed by atoms with Gasteiger partial charge in [-0.15, -0.1) is 0 Å². The molecule has 98 valence electrons. The Balaban J connectivity index is 2.43. The van der Waals surface area contributed by atoms with Crippen molar-refractivity contribution in [3.05, 3.63) is 0 Å². The lowest BCUT2D eigenvalue weighted by Crippen LogP contribution is -2.48. The van der Waals surface area contributed by atoms with Gasteiger partial charge in [0.15, 0.2) is 0 Å². The van der Waals surface area contributed by atoms with Gasteiger partial charge in [0.25, 0.3) is 0 Å². The summed E-state index contributed by atoms with van der Waals surface area (Å²) in [5.41, 5.74) is 0. The summed E-state index contributed by atoms with van der Waals surface area (Å²) in [5.74, 6) is -0.335. The number of hydrogen-bond acceptors (Lipinski definition) is 2. The van der Waals surface area contributed by atoms with Crippen molar-refractivity contribution in [2.45, 2.75) is 45.6 Å². The van der Waals surface area contributed by atoms with Crippen molar-refractivity contribution in [1.29, 1.82) is 0 Å². The zero-order valence-electron chi connectivity index (χ0n) is 10.6. The number of aliphatic carboxylic acids is 1. The van der Waals surface area contributed by atoms with Crippen LogP contribution in [-0.4, -0.2) is 41.1 Å². The fraction of sp³-hybridized carbons (Fsp3) is 0.833. The van der Waals surface area contributed by atoms with Gasteiger partial charge in [0, 0.05) is 19.1 Å². The van der Waals surface area contributed by atoms with Gasteiger partial charge in [0.2, 0.25) is 0 Å². The zero-order chi connectivity index (χ0) is 12.8. The molecule has 0 bridgehead atoms. The summed E-state index contributed by atoms with van der Waals surface area (Å²) in [7, 11) is 0. The minimum Gasteiger partial charge on any atom is -0.481 e. The first-order chi connectivity index (χ1) is 8.02. The minimum absolute atomic E-state index is 0.00830. The van der Waals surface area contributed by atoms with E-state index < -0.39 is 5.97 Å². The summed E-state index contributed by atoms with van der Waals surface area (Å²) in [6.07, 6.45) is 2.83. The van der Waals surface area contributed by atoms with Crippen LogP contribution in [0.2, 0.25) is 0 Å².